The number of nitrogens with two attached hydrogens (primary N) is 1. The van der Waals surface area contributed by atoms with E-state index in [-0.39, 0.29) is 0 Å². The summed E-state index contributed by atoms with van der Waals surface area (Å²) in [5, 5.41) is 12.0. The zero-order valence-corrected chi connectivity index (χ0v) is 12.1. The highest BCUT2D eigenvalue weighted by Gasteiger charge is 2.10. The third-order valence-corrected chi connectivity index (χ3v) is 3.47. The first kappa shape index (κ1) is 13.3. The molecule has 2 aromatic carbocycles. The Kier molecular flexibility index (Phi) is 3.39. The average molecular weight is 279 g/mol. The number of nitrogen functional groups attached to an aromatic ring is 1. The molecule has 0 amide bonds. The zero-order valence-electron chi connectivity index (χ0n) is 12.1. The van der Waals surface area contributed by atoms with Gasteiger partial charge in [0.15, 0.2) is 5.82 Å². The lowest BCUT2D eigenvalue weighted by Crippen LogP contribution is -2.05. The van der Waals surface area contributed by atoms with Crippen LogP contribution in [0.4, 0.5) is 5.69 Å². The van der Waals surface area contributed by atoms with E-state index in [4.69, 9.17) is 5.73 Å². The zero-order chi connectivity index (χ0) is 14.8. The van der Waals surface area contributed by atoms with Crippen LogP contribution in [-0.2, 0) is 6.54 Å². The number of benzene rings is 2. The predicted molar refractivity (Wildman–Crippen MR) is 82.7 cm³/mol. The van der Waals surface area contributed by atoms with E-state index in [1.54, 1.807) is 4.68 Å². The molecule has 1 aromatic heterocycles. The molecule has 0 aliphatic rings. The van der Waals surface area contributed by atoms with Gasteiger partial charge >= 0.3 is 0 Å². The molecule has 0 unspecified atom stereocenters. The van der Waals surface area contributed by atoms with Crippen LogP contribution in [0.2, 0.25) is 0 Å². The van der Waals surface area contributed by atoms with E-state index in [0.29, 0.717) is 6.54 Å². The number of hydrogen-bond donors (Lipinski definition) is 1. The fourth-order valence-electron chi connectivity index (χ4n) is 2.32. The van der Waals surface area contributed by atoms with E-state index in [1.165, 1.54) is 11.1 Å². The summed E-state index contributed by atoms with van der Waals surface area (Å²) in [7, 11) is 0. The largest absolute Gasteiger partial charge is 0.399 e. The van der Waals surface area contributed by atoms with Crippen LogP contribution in [0, 0.1) is 13.8 Å². The summed E-state index contributed by atoms with van der Waals surface area (Å²) in [6.07, 6.45) is 0. The Balaban J connectivity index is 1.95. The van der Waals surface area contributed by atoms with Gasteiger partial charge < -0.3 is 5.73 Å². The number of aryl methyl sites for hydroxylation is 2. The third kappa shape index (κ3) is 2.76. The number of aromatic nitrogens is 4. The van der Waals surface area contributed by atoms with Crippen LogP contribution in [0.15, 0.2) is 42.5 Å². The number of rotatable bonds is 3. The summed E-state index contributed by atoms with van der Waals surface area (Å²) in [5.41, 5.74) is 11.0. The Morgan fingerprint density at radius 1 is 1.10 bits per heavy atom. The normalized spacial score (nSPS) is 10.8. The van der Waals surface area contributed by atoms with Crippen molar-refractivity contribution in [2.24, 2.45) is 0 Å². The van der Waals surface area contributed by atoms with Gasteiger partial charge in [0.25, 0.3) is 0 Å². The predicted octanol–water partition coefficient (Wildman–Crippen LogP) is 2.59. The van der Waals surface area contributed by atoms with Gasteiger partial charge in [0.1, 0.15) is 0 Å². The molecule has 106 valence electrons. The van der Waals surface area contributed by atoms with Crippen molar-refractivity contribution in [2.45, 2.75) is 20.4 Å². The van der Waals surface area contributed by atoms with Crippen molar-refractivity contribution >= 4 is 5.69 Å². The molecular weight excluding hydrogens is 262 g/mol. The van der Waals surface area contributed by atoms with Crippen LogP contribution < -0.4 is 5.73 Å². The lowest BCUT2D eigenvalue weighted by molar-refractivity contribution is 0.653. The summed E-state index contributed by atoms with van der Waals surface area (Å²) in [6.45, 7) is 4.70. The molecule has 3 rings (SSSR count). The Morgan fingerprint density at radius 2 is 1.95 bits per heavy atom. The number of tetrazole rings is 1. The van der Waals surface area contributed by atoms with Crippen molar-refractivity contribution in [2.75, 3.05) is 5.73 Å². The van der Waals surface area contributed by atoms with Gasteiger partial charge in [-0.1, -0.05) is 29.8 Å². The third-order valence-electron chi connectivity index (χ3n) is 3.47. The molecule has 0 saturated heterocycles. The van der Waals surface area contributed by atoms with Crippen molar-refractivity contribution in [3.63, 3.8) is 0 Å². The number of anilines is 1. The number of nitrogens with zero attached hydrogens (tertiary/aromatic N) is 4. The van der Waals surface area contributed by atoms with Crippen LogP contribution in [0.25, 0.3) is 11.4 Å². The van der Waals surface area contributed by atoms with Gasteiger partial charge in [0.2, 0.25) is 0 Å². The molecule has 3 aromatic rings. The van der Waals surface area contributed by atoms with E-state index >= 15 is 0 Å². The smallest absolute Gasteiger partial charge is 0.182 e. The Bertz CT molecular complexity index is 776. The van der Waals surface area contributed by atoms with Crippen molar-refractivity contribution in [1.29, 1.82) is 0 Å². The monoisotopic (exact) mass is 279 g/mol. The molecule has 0 fully saturated rings. The molecule has 0 spiro atoms. The van der Waals surface area contributed by atoms with E-state index < -0.39 is 0 Å². The second-order valence-electron chi connectivity index (χ2n) is 5.22. The minimum Gasteiger partial charge on any atom is -0.399 e. The molecule has 21 heavy (non-hydrogen) atoms. The van der Waals surface area contributed by atoms with Gasteiger partial charge in [-0.2, -0.15) is 0 Å². The maximum atomic E-state index is 5.86. The molecule has 1 heterocycles. The van der Waals surface area contributed by atoms with Gasteiger partial charge in [-0.25, -0.2) is 4.68 Å². The molecule has 0 radical (unpaired) electrons. The Labute approximate surface area is 123 Å². The van der Waals surface area contributed by atoms with Crippen LogP contribution in [-0.4, -0.2) is 20.2 Å². The highest BCUT2D eigenvalue weighted by Crippen LogP contribution is 2.21. The van der Waals surface area contributed by atoms with Crippen molar-refractivity contribution in [3.8, 4) is 11.4 Å². The molecule has 0 aliphatic heterocycles. The van der Waals surface area contributed by atoms with Gasteiger partial charge in [0.05, 0.1) is 6.54 Å². The van der Waals surface area contributed by atoms with Crippen LogP contribution in [0.5, 0.6) is 0 Å². The highest BCUT2D eigenvalue weighted by atomic mass is 15.5. The quantitative estimate of drug-likeness (QED) is 0.748. The maximum Gasteiger partial charge on any atom is 0.182 e. The summed E-state index contributed by atoms with van der Waals surface area (Å²) in [6, 6.07) is 14.2. The molecule has 0 atom stereocenters. The van der Waals surface area contributed by atoms with E-state index in [9.17, 15) is 0 Å². The number of hydrogen-bond acceptors (Lipinski definition) is 4. The molecule has 5 heteroatoms. The van der Waals surface area contributed by atoms with E-state index in [2.05, 4.69) is 40.6 Å². The second kappa shape index (κ2) is 5.36. The van der Waals surface area contributed by atoms with Crippen molar-refractivity contribution in [3.05, 3.63) is 59.2 Å². The molecule has 2 N–H and O–H groups in total. The highest BCUT2D eigenvalue weighted by molar-refractivity contribution is 5.61. The minimum atomic E-state index is 0.646. The first-order valence-electron chi connectivity index (χ1n) is 6.82. The average Bonchev–Trinajstić information content (AvgIpc) is 2.90. The van der Waals surface area contributed by atoms with E-state index in [1.807, 2.05) is 31.2 Å². The van der Waals surface area contributed by atoms with Crippen molar-refractivity contribution in [1.82, 2.24) is 20.2 Å². The summed E-state index contributed by atoms with van der Waals surface area (Å²) in [4.78, 5) is 0. The summed E-state index contributed by atoms with van der Waals surface area (Å²) < 4.78 is 1.81. The molecule has 0 saturated carbocycles. The minimum absolute atomic E-state index is 0.646. The topological polar surface area (TPSA) is 69.6 Å². The van der Waals surface area contributed by atoms with Crippen molar-refractivity contribution < 1.29 is 0 Å². The SMILES string of the molecule is Cc1cccc(Cn2nnnc2-c2ccc(N)c(C)c2)c1. The Hall–Kier alpha value is -2.69. The lowest BCUT2D eigenvalue weighted by atomic mass is 10.1. The van der Waals surface area contributed by atoms with E-state index in [0.717, 1.165) is 22.6 Å². The first-order valence-corrected chi connectivity index (χ1v) is 6.82. The molecule has 0 bridgehead atoms. The molecule has 5 nitrogen and oxygen atoms in total. The fraction of sp³-hybridized carbons (Fsp3) is 0.188. The summed E-state index contributed by atoms with van der Waals surface area (Å²) >= 11 is 0. The molecule has 0 aliphatic carbocycles. The first-order chi connectivity index (χ1) is 10.1. The van der Waals surface area contributed by atoms with Gasteiger partial charge in [-0.15, -0.1) is 5.10 Å². The van der Waals surface area contributed by atoms with Crippen LogP contribution in [0.3, 0.4) is 0 Å². The second-order valence-corrected chi connectivity index (χ2v) is 5.22. The van der Waals surface area contributed by atoms with Crippen LogP contribution >= 0.6 is 0 Å². The standard InChI is InChI=1S/C16H17N5/c1-11-4-3-5-13(8-11)10-21-16(18-19-20-21)14-6-7-15(17)12(2)9-14/h3-9H,10,17H2,1-2H3. The van der Waals surface area contributed by atoms with Gasteiger partial charge in [0, 0.05) is 11.3 Å². The van der Waals surface area contributed by atoms with Gasteiger partial charge in [-0.05, 0) is 53.6 Å². The lowest BCUT2D eigenvalue weighted by Gasteiger charge is -2.07. The van der Waals surface area contributed by atoms with Crippen LogP contribution in [0.1, 0.15) is 16.7 Å². The fourth-order valence-corrected chi connectivity index (χ4v) is 2.32. The van der Waals surface area contributed by atoms with Gasteiger partial charge in [-0.3, -0.25) is 0 Å². The maximum absolute atomic E-state index is 5.86. The molecular formula is C16H17N5. The summed E-state index contributed by atoms with van der Waals surface area (Å²) in [5.74, 6) is 0.750. The Morgan fingerprint density at radius 3 is 2.71 bits per heavy atom.